The van der Waals surface area contributed by atoms with E-state index >= 15 is 0 Å². The lowest BCUT2D eigenvalue weighted by molar-refractivity contribution is -0.122. The minimum absolute atomic E-state index is 0.0542. The van der Waals surface area contributed by atoms with Crippen LogP contribution in [0, 0.1) is 0 Å². The van der Waals surface area contributed by atoms with Gasteiger partial charge in [0.05, 0.1) is 15.6 Å². The molecule has 0 atom stereocenters. The van der Waals surface area contributed by atoms with Crippen LogP contribution in [0.15, 0.2) is 46.7 Å². The molecule has 0 aliphatic carbocycles. The summed E-state index contributed by atoms with van der Waals surface area (Å²) in [6.45, 7) is 4.04. The molecule has 1 aliphatic heterocycles. The molecule has 150 valence electrons. The van der Waals surface area contributed by atoms with E-state index in [1.54, 1.807) is 23.1 Å². The summed E-state index contributed by atoms with van der Waals surface area (Å²) in [5, 5.41) is 3.01. The lowest BCUT2D eigenvalue weighted by Crippen LogP contribution is -2.40. The third-order valence-electron chi connectivity index (χ3n) is 4.81. The highest BCUT2D eigenvalue weighted by Crippen LogP contribution is 2.26. The number of amides is 2. The van der Waals surface area contributed by atoms with Gasteiger partial charge in [-0.1, -0.05) is 30.3 Å². The van der Waals surface area contributed by atoms with Crippen molar-refractivity contribution >= 4 is 34.9 Å². The summed E-state index contributed by atoms with van der Waals surface area (Å²) in [7, 11) is 0. The van der Waals surface area contributed by atoms with E-state index in [0.29, 0.717) is 19.6 Å². The first kappa shape index (κ1) is 20.9. The summed E-state index contributed by atoms with van der Waals surface area (Å²) in [5.41, 5.74) is 1.23. The summed E-state index contributed by atoms with van der Waals surface area (Å²) < 4.78 is 1.16. The van der Waals surface area contributed by atoms with Gasteiger partial charge in [0.25, 0.3) is 5.91 Å². The van der Waals surface area contributed by atoms with Gasteiger partial charge < -0.3 is 10.2 Å². The number of nitrogens with zero attached hydrogens (tertiary/aromatic N) is 2. The molecule has 1 aromatic heterocycles. The fraction of sp³-hybridized carbons (Fsp3) is 0.429. The molecule has 2 aromatic rings. The summed E-state index contributed by atoms with van der Waals surface area (Å²) >= 11 is 3.22. The van der Waals surface area contributed by atoms with Gasteiger partial charge >= 0.3 is 0 Å². The standard InChI is InChI=1S/C21H27N3O2S2/c1-27-20-9-8-18(28-20)21(26)24-13-5-12-23(14-15-24)16-19(25)22-11-10-17-6-3-2-4-7-17/h2-4,6-9H,5,10-16H2,1H3,(H,22,25). The Morgan fingerprint density at radius 2 is 1.89 bits per heavy atom. The minimum Gasteiger partial charge on any atom is -0.355 e. The maximum Gasteiger partial charge on any atom is 0.264 e. The number of benzene rings is 1. The van der Waals surface area contributed by atoms with Crippen LogP contribution >= 0.6 is 23.1 Å². The van der Waals surface area contributed by atoms with E-state index in [4.69, 9.17) is 0 Å². The van der Waals surface area contributed by atoms with Gasteiger partial charge in [-0.05, 0) is 36.8 Å². The molecule has 5 nitrogen and oxygen atoms in total. The highest BCUT2D eigenvalue weighted by molar-refractivity contribution is 8.00. The molecule has 0 spiro atoms. The van der Waals surface area contributed by atoms with Crippen molar-refractivity contribution in [3.8, 4) is 0 Å². The summed E-state index contributed by atoms with van der Waals surface area (Å²) in [6.07, 6.45) is 3.76. The van der Waals surface area contributed by atoms with Crippen LogP contribution in [0.1, 0.15) is 21.7 Å². The van der Waals surface area contributed by atoms with Crippen LogP contribution in [0.4, 0.5) is 0 Å². The molecule has 2 amide bonds. The van der Waals surface area contributed by atoms with Crippen molar-refractivity contribution in [1.82, 2.24) is 15.1 Å². The van der Waals surface area contributed by atoms with Gasteiger partial charge in [-0.2, -0.15) is 0 Å². The van der Waals surface area contributed by atoms with Gasteiger partial charge in [0, 0.05) is 32.7 Å². The average molecular weight is 418 g/mol. The topological polar surface area (TPSA) is 52.7 Å². The Hall–Kier alpha value is -1.83. The fourth-order valence-corrected chi connectivity index (χ4v) is 4.79. The van der Waals surface area contributed by atoms with Crippen LogP contribution in [0.3, 0.4) is 0 Å². The Morgan fingerprint density at radius 1 is 1.07 bits per heavy atom. The summed E-state index contributed by atoms with van der Waals surface area (Å²) in [6, 6.07) is 14.1. The molecule has 1 aliphatic rings. The van der Waals surface area contributed by atoms with Crippen LogP contribution < -0.4 is 5.32 Å². The van der Waals surface area contributed by atoms with Gasteiger partial charge in [0.1, 0.15) is 0 Å². The average Bonchev–Trinajstić information content (AvgIpc) is 3.08. The first-order chi connectivity index (χ1) is 13.7. The number of rotatable bonds is 7. The van der Waals surface area contributed by atoms with Crippen molar-refractivity contribution < 1.29 is 9.59 Å². The highest BCUT2D eigenvalue weighted by Gasteiger charge is 2.22. The molecule has 3 rings (SSSR count). The molecule has 2 heterocycles. The first-order valence-electron chi connectivity index (χ1n) is 9.62. The van der Waals surface area contributed by atoms with Crippen molar-refractivity contribution in [2.24, 2.45) is 0 Å². The van der Waals surface area contributed by atoms with Crippen molar-refractivity contribution in [3.63, 3.8) is 0 Å². The van der Waals surface area contributed by atoms with E-state index in [1.807, 2.05) is 41.5 Å². The molecule has 1 saturated heterocycles. The number of hydrogen-bond acceptors (Lipinski definition) is 5. The third-order valence-corrected chi connectivity index (χ3v) is 6.97. The third kappa shape index (κ3) is 6.09. The number of nitrogens with one attached hydrogen (secondary N) is 1. The molecule has 28 heavy (non-hydrogen) atoms. The molecule has 0 radical (unpaired) electrons. The largest absolute Gasteiger partial charge is 0.355 e. The molecule has 1 aromatic carbocycles. The predicted molar refractivity (Wildman–Crippen MR) is 116 cm³/mol. The fourth-order valence-electron chi connectivity index (χ4n) is 3.28. The Bertz CT molecular complexity index is 779. The Balaban J connectivity index is 1.41. The zero-order valence-electron chi connectivity index (χ0n) is 16.2. The zero-order chi connectivity index (χ0) is 19.8. The lowest BCUT2D eigenvalue weighted by Gasteiger charge is -2.21. The van der Waals surface area contributed by atoms with Crippen molar-refractivity contribution in [2.45, 2.75) is 17.1 Å². The number of hydrogen-bond donors (Lipinski definition) is 1. The minimum atomic E-state index is 0.0542. The number of carbonyl (C=O) groups is 2. The molecule has 0 unspecified atom stereocenters. The van der Waals surface area contributed by atoms with Crippen molar-refractivity contribution in [2.75, 3.05) is 45.5 Å². The van der Waals surface area contributed by atoms with Gasteiger partial charge in [0.2, 0.25) is 5.91 Å². The quantitative estimate of drug-likeness (QED) is 0.704. The Kier molecular flexibility index (Phi) is 7.94. The Morgan fingerprint density at radius 3 is 2.64 bits per heavy atom. The zero-order valence-corrected chi connectivity index (χ0v) is 17.9. The molecule has 0 bridgehead atoms. The van der Waals surface area contributed by atoms with E-state index in [1.165, 1.54) is 5.56 Å². The number of thioether (sulfide) groups is 1. The predicted octanol–water partition coefficient (Wildman–Crippen LogP) is 2.98. The normalized spacial score (nSPS) is 15.2. The van der Waals surface area contributed by atoms with Crippen LogP contribution in [-0.4, -0.2) is 67.1 Å². The van der Waals surface area contributed by atoms with Crippen molar-refractivity contribution in [1.29, 1.82) is 0 Å². The molecule has 1 fully saturated rings. The summed E-state index contributed by atoms with van der Waals surface area (Å²) in [5.74, 6) is 0.165. The molecule has 1 N–H and O–H groups in total. The summed E-state index contributed by atoms with van der Waals surface area (Å²) in [4.78, 5) is 29.8. The van der Waals surface area contributed by atoms with E-state index in [0.717, 1.165) is 41.6 Å². The van der Waals surface area contributed by atoms with Gasteiger partial charge in [-0.25, -0.2) is 0 Å². The second-order valence-electron chi connectivity index (χ2n) is 6.83. The molecular weight excluding hydrogens is 390 g/mol. The van der Waals surface area contributed by atoms with E-state index < -0.39 is 0 Å². The number of thiophene rings is 1. The van der Waals surface area contributed by atoms with E-state index in [2.05, 4.69) is 22.3 Å². The molecular formula is C21H27N3O2S2. The van der Waals surface area contributed by atoms with Crippen molar-refractivity contribution in [3.05, 3.63) is 52.9 Å². The smallest absolute Gasteiger partial charge is 0.264 e. The Labute approximate surface area is 175 Å². The monoisotopic (exact) mass is 417 g/mol. The van der Waals surface area contributed by atoms with E-state index in [9.17, 15) is 9.59 Å². The van der Waals surface area contributed by atoms with Crippen LogP contribution in [-0.2, 0) is 11.2 Å². The lowest BCUT2D eigenvalue weighted by atomic mass is 10.1. The maximum atomic E-state index is 12.7. The van der Waals surface area contributed by atoms with Gasteiger partial charge in [-0.15, -0.1) is 23.1 Å². The van der Waals surface area contributed by atoms with Crippen LogP contribution in [0.5, 0.6) is 0 Å². The number of carbonyl (C=O) groups excluding carboxylic acids is 2. The maximum absolute atomic E-state index is 12.7. The van der Waals surface area contributed by atoms with Gasteiger partial charge in [-0.3, -0.25) is 14.5 Å². The van der Waals surface area contributed by atoms with Gasteiger partial charge in [0.15, 0.2) is 0 Å². The SMILES string of the molecule is CSc1ccc(C(=O)N2CCCN(CC(=O)NCCc3ccccc3)CC2)s1. The second kappa shape index (κ2) is 10.6. The van der Waals surface area contributed by atoms with Crippen LogP contribution in [0.2, 0.25) is 0 Å². The molecule has 0 saturated carbocycles. The van der Waals surface area contributed by atoms with E-state index in [-0.39, 0.29) is 11.8 Å². The first-order valence-corrected chi connectivity index (χ1v) is 11.7. The van der Waals surface area contributed by atoms with Crippen LogP contribution in [0.25, 0.3) is 0 Å². The molecule has 7 heteroatoms. The second-order valence-corrected chi connectivity index (χ2v) is 9.02. The highest BCUT2D eigenvalue weighted by atomic mass is 32.2.